The lowest BCUT2D eigenvalue weighted by molar-refractivity contribution is 0.0187. The highest BCUT2D eigenvalue weighted by Crippen LogP contribution is 2.23. The quantitative estimate of drug-likeness (QED) is 0.788. The number of H-pyrrole nitrogens is 1. The Morgan fingerprint density at radius 1 is 1.24 bits per heavy atom. The maximum Gasteiger partial charge on any atom is 0.410 e. The highest BCUT2D eigenvalue weighted by Gasteiger charge is 2.28. The van der Waals surface area contributed by atoms with Crippen molar-refractivity contribution in [1.82, 2.24) is 14.5 Å². The smallest absolute Gasteiger partial charge is 0.410 e. The van der Waals surface area contributed by atoms with Gasteiger partial charge in [0.2, 0.25) is 0 Å². The topological polar surface area (TPSA) is 67.3 Å². The van der Waals surface area contributed by atoms with Crippen molar-refractivity contribution in [2.45, 2.75) is 45.3 Å². The molecular formula is C18H23N3O3S. The van der Waals surface area contributed by atoms with Crippen LogP contribution in [0.15, 0.2) is 29.1 Å². The molecule has 1 amide bonds. The van der Waals surface area contributed by atoms with Crippen LogP contribution in [0.3, 0.4) is 0 Å². The summed E-state index contributed by atoms with van der Waals surface area (Å²) in [6, 6.07) is 7.35. The lowest BCUT2D eigenvalue weighted by Crippen LogP contribution is -2.43. The van der Waals surface area contributed by atoms with Gasteiger partial charge in [0, 0.05) is 19.1 Å². The summed E-state index contributed by atoms with van der Waals surface area (Å²) in [7, 11) is 0. The Kier molecular flexibility index (Phi) is 4.69. The van der Waals surface area contributed by atoms with Gasteiger partial charge in [-0.25, -0.2) is 4.79 Å². The summed E-state index contributed by atoms with van der Waals surface area (Å²) >= 11 is 5.40. The number of aromatic nitrogens is 2. The third-order valence-corrected chi connectivity index (χ3v) is 4.62. The van der Waals surface area contributed by atoms with E-state index in [1.807, 2.05) is 39.0 Å². The molecule has 25 heavy (non-hydrogen) atoms. The Morgan fingerprint density at radius 3 is 2.52 bits per heavy atom. The predicted molar refractivity (Wildman–Crippen MR) is 99.5 cm³/mol. The fourth-order valence-electron chi connectivity index (χ4n) is 3.14. The number of ether oxygens (including phenoxy) is 1. The van der Waals surface area contributed by atoms with E-state index in [0.717, 1.165) is 5.52 Å². The van der Waals surface area contributed by atoms with Crippen molar-refractivity contribution in [1.29, 1.82) is 0 Å². The fraction of sp³-hybridized carbons (Fsp3) is 0.500. The molecule has 7 heteroatoms. The standard InChI is InChI=1S/C18H23N3O3S/c1-18(2,3)24-17(23)20-10-8-12(9-11-20)21-15(22)13-6-4-5-7-14(13)19-16(21)25/h4-7,12H,8-11H2,1-3H3,(H,19,25). The van der Waals surface area contributed by atoms with Crippen LogP contribution in [0, 0.1) is 4.77 Å². The lowest BCUT2D eigenvalue weighted by Gasteiger charge is -2.34. The van der Waals surface area contributed by atoms with Gasteiger partial charge in [-0.15, -0.1) is 0 Å². The van der Waals surface area contributed by atoms with Crippen molar-refractivity contribution in [2.24, 2.45) is 0 Å². The molecule has 0 bridgehead atoms. The molecule has 0 saturated carbocycles. The van der Waals surface area contributed by atoms with Gasteiger partial charge in [-0.05, 0) is 58.0 Å². The zero-order valence-electron chi connectivity index (χ0n) is 14.7. The summed E-state index contributed by atoms with van der Waals surface area (Å²) in [6.07, 6.45) is 1.05. The van der Waals surface area contributed by atoms with E-state index in [-0.39, 0.29) is 17.7 Å². The summed E-state index contributed by atoms with van der Waals surface area (Å²) < 4.78 is 7.50. The van der Waals surface area contributed by atoms with Crippen LogP contribution >= 0.6 is 12.2 Å². The Labute approximate surface area is 151 Å². The summed E-state index contributed by atoms with van der Waals surface area (Å²) in [4.78, 5) is 29.8. The minimum Gasteiger partial charge on any atom is -0.444 e. The van der Waals surface area contributed by atoms with Gasteiger partial charge in [-0.2, -0.15) is 0 Å². The van der Waals surface area contributed by atoms with E-state index in [1.54, 1.807) is 15.5 Å². The van der Waals surface area contributed by atoms with Crippen molar-refractivity contribution in [3.63, 3.8) is 0 Å². The number of fused-ring (bicyclic) bond motifs is 1. The number of hydrogen-bond donors (Lipinski definition) is 1. The number of carbonyl (C=O) groups is 1. The number of likely N-dealkylation sites (tertiary alicyclic amines) is 1. The van der Waals surface area contributed by atoms with Crippen LogP contribution < -0.4 is 5.56 Å². The molecule has 0 spiro atoms. The van der Waals surface area contributed by atoms with Crippen molar-refractivity contribution in [2.75, 3.05) is 13.1 Å². The first kappa shape index (κ1) is 17.7. The van der Waals surface area contributed by atoms with Gasteiger partial charge >= 0.3 is 6.09 Å². The van der Waals surface area contributed by atoms with Crippen molar-refractivity contribution in [3.8, 4) is 0 Å². The molecule has 2 aromatic rings. The summed E-state index contributed by atoms with van der Waals surface area (Å²) in [5, 5.41) is 0.630. The van der Waals surface area contributed by atoms with Crippen molar-refractivity contribution in [3.05, 3.63) is 39.4 Å². The van der Waals surface area contributed by atoms with Gasteiger partial charge in [0.1, 0.15) is 5.60 Å². The molecule has 1 fully saturated rings. The van der Waals surface area contributed by atoms with Crippen LogP contribution in [-0.2, 0) is 4.74 Å². The van der Waals surface area contributed by atoms with Gasteiger partial charge in [-0.3, -0.25) is 9.36 Å². The first-order valence-corrected chi connectivity index (χ1v) is 8.88. The highest BCUT2D eigenvalue weighted by atomic mass is 32.1. The zero-order valence-corrected chi connectivity index (χ0v) is 15.6. The number of aromatic amines is 1. The molecule has 1 N–H and O–H groups in total. The van der Waals surface area contributed by atoms with Crippen LogP contribution in [-0.4, -0.2) is 39.2 Å². The van der Waals surface area contributed by atoms with Gasteiger partial charge in [0.25, 0.3) is 5.56 Å². The second kappa shape index (κ2) is 6.63. The molecule has 1 aliphatic rings. The molecule has 0 aliphatic carbocycles. The number of carbonyl (C=O) groups excluding carboxylic acids is 1. The van der Waals surface area contributed by atoms with E-state index >= 15 is 0 Å². The molecule has 0 unspecified atom stereocenters. The first-order valence-electron chi connectivity index (χ1n) is 8.48. The summed E-state index contributed by atoms with van der Waals surface area (Å²) in [5.41, 5.74) is 0.168. The molecule has 1 aromatic carbocycles. The number of nitrogens with zero attached hydrogens (tertiary/aromatic N) is 2. The number of hydrogen-bond acceptors (Lipinski definition) is 4. The van der Waals surface area contributed by atoms with E-state index in [9.17, 15) is 9.59 Å². The molecule has 3 rings (SSSR count). The van der Waals surface area contributed by atoms with Crippen LogP contribution in [0.5, 0.6) is 0 Å². The first-order chi connectivity index (χ1) is 11.8. The van der Waals surface area contributed by atoms with Gasteiger partial charge in [0.15, 0.2) is 4.77 Å². The molecule has 2 heterocycles. The van der Waals surface area contributed by atoms with E-state index in [0.29, 0.717) is 36.1 Å². The monoisotopic (exact) mass is 361 g/mol. The molecule has 0 radical (unpaired) electrons. The normalized spacial score (nSPS) is 16.2. The van der Waals surface area contributed by atoms with Crippen LogP contribution in [0.4, 0.5) is 4.79 Å². The minimum absolute atomic E-state index is 0.0143. The van der Waals surface area contributed by atoms with Crippen LogP contribution in [0.2, 0.25) is 0 Å². The second-order valence-electron chi connectivity index (χ2n) is 7.35. The summed E-state index contributed by atoms with van der Waals surface area (Å²) in [6.45, 7) is 6.66. The number of rotatable bonds is 1. The van der Waals surface area contributed by atoms with E-state index in [1.165, 1.54) is 0 Å². The largest absolute Gasteiger partial charge is 0.444 e. The average Bonchev–Trinajstić information content (AvgIpc) is 2.54. The maximum atomic E-state index is 12.8. The molecule has 1 aliphatic heterocycles. The number of amides is 1. The summed E-state index contributed by atoms with van der Waals surface area (Å²) in [5.74, 6) is 0. The average molecular weight is 361 g/mol. The van der Waals surface area contributed by atoms with Gasteiger partial charge < -0.3 is 14.6 Å². The molecule has 134 valence electrons. The molecule has 0 atom stereocenters. The number of nitrogens with one attached hydrogen (secondary N) is 1. The van der Waals surface area contributed by atoms with E-state index in [2.05, 4.69) is 4.98 Å². The van der Waals surface area contributed by atoms with Gasteiger partial charge in [-0.1, -0.05) is 12.1 Å². The fourth-order valence-corrected chi connectivity index (χ4v) is 3.48. The van der Waals surface area contributed by atoms with Crippen LogP contribution in [0.1, 0.15) is 39.7 Å². The number of para-hydroxylation sites is 1. The number of benzene rings is 1. The van der Waals surface area contributed by atoms with Crippen molar-refractivity contribution < 1.29 is 9.53 Å². The Hall–Kier alpha value is -2.15. The maximum absolute atomic E-state index is 12.8. The SMILES string of the molecule is CC(C)(C)OC(=O)N1CCC(n2c(=S)[nH]c3ccccc3c2=O)CC1. The molecule has 1 aromatic heterocycles. The minimum atomic E-state index is -0.508. The third-order valence-electron chi connectivity index (χ3n) is 4.32. The number of piperidine rings is 1. The Balaban J connectivity index is 1.80. The Bertz CT molecular complexity index is 902. The zero-order chi connectivity index (χ0) is 18.2. The van der Waals surface area contributed by atoms with Crippen molar-refractivity contribution >= 4 is 29.2 Å². The predicted octanol–water partition coefficient (Wildman–Crippen LogP) is 3.63. The molecule has 1 saturated heterocycles. The molecular weight excluding hydrogens is 338 g/mol. The second-order valence-corrected chi connectivity index (χ2v) is 7.74. The Morgan fingerprint density at radius 2 is 1.88 bits per heavy atom. The molecule has 6 nitrogen and oxygen atoms in total. The highest BCUT2D eigenvalue weighted by molar-refractivity contribution is 7.71. The van der Waals surface area contributed by atoms with E-state index in [4.69, 9.17) is 17.0 Å². The van der Waals surface area contributed by atoms with E-state index < -0.39 is 5.60 Å². The third kappa shape index (κ3) is 3.76. The van der Waals surface area contributed by atoms with Crippen LogP contribution in [0.25, 0.3) is 10.9 Å². The van der Waals surface area contributed by atoms with Gasteiger partial charge in [0.05, 0.1) is 10.9 Å². The lowest BCUT2D eigenvalue weighted by atomic mass is 10.0.